The molecule has 1 unspecified atom stereocenters. The molecule has 0 spiro atoms. The summed E-state index contributed by atoms with van der Waals surface area (Å²) in [5, 5.41) is 11.0. The summed E-state index contributed by atoms with van der Waals surface area (Å²) in [6, 6.07) is 12.0. The van der Waals surface area contributed by atoms with Crippen molar-refractivity contribution in [1.82, 2.24) is 0 Å². The van der Waals surface area contributed by atoms with Crippen LogP contribution in [0.5, 0.6) is 0 Å². The van der Waals surface area contributed by atoms with E-state index in [1.165, 1.54) is 0 Å². The first-order valence-electron chi connectivity index (χ1n) is 10.6. The van der Waals surface area contributed by atoms with Gasteiger partial charge in [-0.05, 0) is 54.8 Å². The third kappa shape index (κ3) is 3.91. The number of furan rings is 1. The molecule has 32 heavy (non-hydrogen) atoms. The van der Waals surface area contributed by atoms with Gasteiger partial charge in [0.2, 0.25) is 0 Å². The second-order valence-electron chi connectivity index (χ2n) is 8.99. The summed E-state index contributed by atoms with van der Waals surface area (Å²) >= 11 is 5.06. The summed E-state index contributed by atoms with van der Waals surface area (Å²) in [5.74, 6) is 1.50. The van der Waals surface area contributed by atoms with Crippen LogP contribution in [0.1, 0.15) is 50.9 Å². The third-order valence-electron chi connectivity index (χ3n) is 5.90. The zero-order valence-electron chi connectivity index (χ0n) is 18.7. The number of anilines is 1. The van der Waals surface area contributed by atoms with Crippen LogP contribution in [0.25, 0.3) is 0 Å². The molecule has 2 N–H and O–H groups in total. The molecule has 2 heterocycles. The number of halogens is 1. The summed E-state index contributed by atoms with van der Waals surface area (Å²) in [5.41, 5.74) is 10.1. The fourth-order valence-corrected chi connectivity index (χ4v) is 5.72. The van der Waals surface area contributed by atoms with Gasteiger partial charge < -0.3 is 10.2 Å². The van der Waals surface area contributed by atoms with Crippen molar-refractivity contribution in [3.63, 3.8) is 0 Å². The van der Waals surface area contributed by atoms with Gasteiger partial charge in [-0.25, -0.2) is 0 Å². The molecule has 0 bridgehead atoms. The number of nitriles is 1. The van der Waals surface area contributed by atoms with Crippen LogP contribution in [-0.4, -0.2) is 11.5 Å². The van der Waals surface area contributed by atoms with E-state index < -0.39 is 5.92 Å². The Bertz CT molecular complexity index is 1180. The molecule has 0 radical (unpaired) electrons. The second-order valence-corrected chi connectivity index (χ2v) is 11.1. The highest BCUT2D eigenvalue weighted by atomic mass is 79.9. The van der Waals surface area contributed by atoms with E-state index in [-0.39, 0.29) is 11.2 Å². The van der Waals surface area contributed by atoms with Crippen molar-refractivity contribution in [2.75, 3.05) is 10.7 Å². The first-order chi connectivity index (χ1) is 15.2. The SMILES string of the molecule is CCSc1oc(C)cc1C1C(C#N)=C(N)N(c2ccc(Br)cc2)C2=C1C(=O)CC(C)(C)C2. The Morgan fingerprint density at radius 1 is 1.31 bits per heavy atom. The molecule has 0 fully saturated rings. The fourth-order valence-electron chi connectivity index (χ4n) is 4.66. The number of hydrogen-bond donors (Lipinski definition) is 1. The van der Waals surface area contributed by atoms with Crippen molar-refractivity contribution < 1.29 is 9.21 Å². The van der Waals surface area contributed by atoms with E-state index in [1.807, 2.05) is 42.2 Å². The molecule has 7 heteroatoms. The Morgan fingerprint density at radius 2 is 2.00 bits per heavy atom. The standard InChI is InChI=1S/C25H26BrN3O2S/c1-5-32-24-17(10-14(2)31-24)21-18(13-27)23(28)29(16-8-6-15(26)7-9-16)19-11-25(3,4)12-20(30)22(19)21/h6-10,21H,5,11-12,28H2,1-4H3. The van der Waals surface area contributed by atoms with Crippen molar-refractivity contribution in [3.05, 3.63) is 68.8 Å². The maximum Gasteiger partial charge on any atom is 0.164 e. The maximum absolute atomic E-state index is 13.6. The number of carbonyl (C=O) groups is 1. The van der Waals surface area contributed by atoms with E-state index in [0.717, 1.165) is 38.0 Å². The molecule has 0 amide bonds. The molecule has 2 aromatic rings. The van der Waals surface area contributed by atoms with Gasteiger partial charge in [-0.3, -0.25) is 9.69 Å². The summed E-state index contributed by atoms with van der Waals surface area (Å²) in [4.78, 5) is 15.5. The molecule has 1 atom stereocenters. The van der Waals surface area contributed by atoms with E-state index in [2.05, 4.69) is 42.8 Å². The monoisotopic (exact) mass is 511 g/mol. The molecule has 1 aromatic carbocycles. The summed E-state index contributed by atoms with van der Waals surface area (Å²) in [6.45, 7) is 8.14. The minimum atomic E-state index is -0.517. The van der Waals surface area contributed by atoms with Gasteiger partial charge in [0, 0.05) is 33.4 Å². The quantitative estimate of drug-likeness (QED) is 0.477. The summed E-state index contributed by atoms with van der Waals surface area (Å²) in [6.07, 6.45) is 1.12. The molecule has 2 aliphatic rings. The normalized spacial score (nSPS) is 20.4. The lowest BCUT2D eigenvalue weighted by atomic mass is 9.69. The van der Waals surface area contributed by atoms with Gasteiger partial charge in [-0.2, -0.15) is 5.26 Å². The minimum absolute atomic E-state index is 0.0647. The van der Waals surface area contributed by atoms with Crippen LogP contribution in [-0.2, 0) is 4.79 Å². The van der Waals surface area contributed by atoms with E-state index in [0.29, 0.717) is 29.8 Å². The van der Waals surface area contributed by atoms with Gasteiger partial charge in [0.1, 0.15) is 11.6 Å². The lowest BCUT2D eigenvalue weighted by molar-refractivity contribution is -0.118. The van der Waals surface area contributed by atoms with Crippen LogP contribution in [0.15, 0.2) is 67.0 Å². The molecule has 166 valence electrons. The van der Waals surface area contributed by atoms with Gasteiger partial charge >= 0.3 is 0 Å². The molecule has 5 nitrogen and oxygen atoms in total. The van der Waals surface area contributed by atoms with Crippen molar-refractivity contribution in [2.45, 2.75) is 51.5 Å². The predicted octanol–water partition coefficient (Wildman–Crippen LogP) is 6.40. The van der Waals surface area contributed by atoms with Gasteiger partial charge in [0.05, 0.1) is 17.6 Å². The van der Waals surface area contributed by atoms with E-state index >= 15 is 0 Å². The molecular weight excluding hydrogens is 486 g/mol. The average molecular weight is 512 g/mol. The lowest BCUT2D eigenvalue weighted by Gasteiger charge is -2.43. The zero-order valence-corrected chi connectivity index (χ0v) is 21.1. The smallest absolute Gasteiger partial charge is 0.164 e. The lowest BCUT2D eigenvalue weighted by Crippen LogP contribution is -2.42. The van der Waals surface area contributed by atoms with Crippen molar-refractivity contribution in [1.29, 1.82) is 5.26 Å². The topological polar surface area (TPSA) is 83.3 Å². The number of carbonyl (C=O) groups excluding carboxylic acids is 1. The predicted molar refractivity (Wildman–Crippen MR) is 131 cm³/mol. The van der Waals surface area contributed by atoms with Gasteiger partial charge in [-0.15, -0.1) is 0 Å². The molecule has 1 aromatic heterocycles. The Labute approximate surface area is 201 Å². The number of benzene rings is 1. The van der Waals surface area contributed by atoms with Gasteiger partial charge in [0.25, 0.3) is 0 Å². The largest absolute Gasteiger partial charge is 0.455 e. The number of hydrogen-bond acceptors (Lipinski definition) is 6. The fraction of sp³-hybridized carbons (Fsp3) is 0.360. The van der Waals surface area contributed by atoms with Crippen LogP contribution in [0, 0.1) is 23.7 Å². The van der Waals surface area contributed by atoms with Crippen LogP contribution < -0.4 is 10.6 Å². The van der Waals surface area contributed by atoms with E-state index in [9.17, 15) is 10.1 Å². The highest BCUT2D eigenvalue weighted by Gasteiger charge is 2.45. The van der Waals surface area contributed by atoms with Gasteiger partial charge in [-0.1, -0.05) is 48.5 Å². The molecular formula is C25H26BrN3O2S. The first kappa shape index (κ1) is 22.8. The number of Topliss-reactive ketones (excluding diaryl/α,β-unsaturated/α-hetero) is 1. The summed E-state index contributed by atoms with van der Waals surface area (Å²) in [7, 11) is 0. The van der Waals surface area contributed by atoms with Gasteiger partial charge in [0.15, 0.2) is 10.9 Å². The number of thioether (sulfide) groups is 1. The third-order valence-corrected chi connectivity index (χ3v) is 7.30. The second kappa shape index (κ2) is 8.49. The molecule has 0 saturated heterocycles. The van der Waals surface area contributed by atoms with Crippen molar-refractivity contribution in [3.8, 4) is 6.07 Å². The summed E-state index contributed by atoms with van der Waals surface area (Å²) < 4.78 is 6.90. The average Bonchev–Trinajstić information content (AvgIpc) is 3.07. The Morgan fingerprint density at radius 3 is 2.62 bits per heavy atom. The van der Waals surface area contributed by atoms with Crippen LogP contribution in [0.4, 0.5) is 5.69 Å². The number of rotatable bonds is 4. The molecule has 1 aliphatic carbocycles. The molecule has 1 aliphatic heterocycles. The highest BCUT2D eigenvalue weighted by molar-refractivity contribution is 9.10. The van der Waals surface area contributed by atoms with Crippen LogP contribution >= 0.6 is 27.7 Å². The van der Waals surface area contributed by atoms with E-state index in [1.54, 1.807) is 11.8 Å². The Balaban J connectivity index is 2.00. The van der Waals surface area contributed by atoms with E-state index in [4.69, 9.17) is 10.2 Å². The minimum Gasteiger partial charge on any atom is -0.455 e. The van der Waals surface area contributed by atoms with Crippen molar-refractivity contribution in [2.24, 2.45) is 11.1 Å². The van der Waals surface area contributed by atoms with Crippen LogP contribution in [0.3, 0.4) is 0 Å². The first-order valence-corrected chi connectivity index (χ1v) is 12.4. The molecule has 4 rings (SSSR count). The number of nitrogens with zero attached hydrogens (tertiary/aromatic N) is 2. The maximum atomic E-state index is 13.6. The number of aryl methyl sites for hydroxylation is 1. The zero-order chi connectivity index (χ0) is 23.2. The molecule has 0 saturated carbocycles. The van der Waals surface area contributed by atoms with Crippen molar-refractivity contribution >= 4 is 39.2 Å². The highest BCUT2D eigenvalue weighted by Crippen LogP contribution is 2.51. The Hall–Kier alpha value is -2.43. The number of nitrogens with two attached hydrogens (primary N) is 1. The number of allylic oxidation sites excluding steroid dienone is 3. The van der Waals surface area contributed by atoms with Crippen LogP contribution in [0.2, 0.25) is 0 Å². The Kier molecular flexibility index (Phi) is 6.04. The number of ketones is 1.